The molecule has 8 rings (SSSR count). The lowest BCUT2D eigenvalue weighted by Gasteiger charge is -2.42. The first-order valence-electron chi connectivity index (χ1n) is 22.6. The van der Waals surface area contributed by atoms with Gasteiger partial charge < -0.3 is 34.0 Å². The summed E-state index contributed by atoms with van der Waals surface area (Å²) in [5, 5.41) is 8.35. The summed E-state index contributed by atoms with van der Waals surface area (Å²) in [7, 11) is 5.49. The van der Waals surface area contributed by atoms with Crippen LogP contribution in [0.4, 0.5) is 0 Å². The number of aromatic nitrogens is 3. The van der Waals surface area contributed by atoms with Crippen LogP contribution < -0.4 is 10.7 Å². The third kappa shape index (κ3) is 8.71. The summed E-state index contributed by atoms with van der Waals surface area (Å²) < 4.78 is 14.7. The molecule has 3 aliphatic heterocycles. The van der Waals surface area contributed by atoms with E-state index in [4.69, 9.17) is 19.4 Å². The maximum Gasteiger partial charge on any atom is 0.259 e. The number of likely N-dealkylation sites (tertiary alicyclic amines) is 1. The molecule has 4 aliphatic rings. The van der Waals surface area contributed by atoms with E-state index in [0.29, 0.717) is 49.3 Å². The maximum absolute atomic E-state index is 14.7. The van der Waals surface area contributed by atoms with Crippen LogP contribution in [0.3, 0.4) is 0 Å². The highest BCUT2D eigenvalue weighted by Gasteiger charge is 2.60. The topological polar surface area (TPSA) is 151 Å². The van der Waals surface area contributed by atoms with Gasteiger partial charge in [0.2, 0.25) is 11.8 Å². The highest BCUT2D eigenvalue weighted by molar-refractivity contribution is 7.10. The highest BCUT2D eigenvalue weighted by Crippen LogP contribution is 2.52. The van der Waals surface area contributed by atoms with Crippen molar-refractivity contribution in [2.45, 2.75) is 97.5 Å². The van der Waals surface area contributed by atoms with E-state index in [1.165, 1.54) is 16.3 Å². The smallest absolute Gasteiger partial charge is 0.259 e. The minimum atomic E-state index is -1.15. The van der Waals surface area contributed by atoms with Crippen LogP contribution in [0.25, 0.3) is 33.4 Å². The van der Waals surface area contributed by atoms with E-state index < -0.39 is 23.5 Å². The van der Waals surface area contributed by atoms with Crippen LogP contribution in [0.2, 0.25) is 0 Å². The van der Waals surface area contributed by atoms with Crippen molar-refractivity contribution >= 4 is 46.2 Å². The molecule has 1 aliphatic carbocycles. The molecule has 6 bridgehead atoms. The Morgan fingerprint density at radius 2 is 1.92 bits per heavy atom. The summed E-state index contributed by atoms with van der Waals surface area (Å²) in [5.41, 5.74) is 8.65. The van der Waals surface area contributed by atoms with Crippen LogP contribution in [0.5, 0.6) is 0 Å². The average molecular weight is 881 g/mol. The highest BCUT2D eigenvalue weighted by atomic mass is 32.1. The number of nitrogens with zero attached hydrogens (tertiary/aromatic N) is 6. The number of hydrazine groups is 1. The van der Waals surface area contributed by atoms with E-state index in [-0.39, 0.29) is 48.2 Å². The lowest BCUT2D eigenvalue weighted by molar-refractivity contribution is -0.148. The van der Waals surface area contributed by atoms with Gasteiger partial charge in [0.15, 0.2) is 0 Å². The van der Waals surface area contributed by atoms with Crippen molar-refractivity contribution in [3.63, 3.8) is 0 Å². The first kappa shape index (κ1) is 45.0. The minimum absolute atomic E-state index is 0.0175. The predicted octanol–water partition coefficient (Wildman–Crippen LogP) is 5.54. The second kappa shape index (κ2) is 17.8. The summed E-state index contributed by atoms with van der Waals surface area (Å²) in [5.74, 6) is -0.437. The molecule has 2 N–H and O–H groups in total. The van der Waals surface area contributed by atoms with Crippen molar-refractivity contribution in [1.82, 2.24) is 40.1 Å². The second-order valence-electron chi connectivity index (χ2n) is 19.5. The van der Waals surface area contributed by atoms with Crippen LogP contribution in [0.15, 0.2) is 41.9 Å². The summed E-state index contributed by atoms with van der Waals surface area (Å²) in [6.45, 7) is 15.6. The molecule has 1 saturated carbocycles. The molecule has 3 fully saturated rings. The van der Waals surface area contributed by atoms with E-state index in [9.17, 15) is 19.2 Å². The molecular formula is C48H64N8O6S. The molecule has 338 valence electrons. The first-order chi connectivity index (χ1) is 30.1. The Morgan fingerprint density at radius 1 is 1.16 bits per heavy atom. The fraction of sp³-hybridized carbons (Fsp3) is 0.583. The number of fused-ring (bicyclic) bond motifs is 7. The number of carbonyl (C=O) groups is 4. The lowest BCUT2D eigenvalue weighted by atomic mass is 9.84. The molecule has 63 heavy (non-hydrogen) atoms. The van der Waals surface area contributed by atoms with Gasteiger partial charge in [-0.2, -0.15) is 0 Å². The molecule has 4 aromatic rings. The van der Waals surface area contributed by atoms with E-state index in [1.807, 2.05) is 38.4 Å². The minimum Gasteiger partial charge on any atom is -0.378 e. The third-order valence-corrected chi connectivity index (χ3v) is 14.7. The number of likely N-dealkylation sites (N-methyl/N-ethyl adjacent to an activating group) is 1. The first-order valence-corrected chi connectivity index (χ1v) is 23.4. The van der Waals surface area contributed by atoms with Gasteiger partial charge >= 0.3 is 0 Å². The van der Waals surface area contributed by atoms with Crippen molar-refractivity contribution in [3.8, 4) is 22.5 Å². The standard InChI is InChI=1S/C48H64N8O6S/c1-10-55-38-15-14-30-19-32(38)33(43(55)31-13-11-17-49-41(31)29(4)61-9)21-47(5,6)26-62-27-48(25-57)16-12-18-56(52-48)45(59)36(20-39-50-37(30)24-63-39)51-44(58)42(28(2)3)54(8)46(60)40-34-22-53(7)23-35(34)40/h11,13-15,17,19,24-25,28-29,34-36,40,42,52H,10,12,16,18,20-23,26-27H2,1-9H3,(H,51,58)/t29-,34-,35+,36-,40?,42-,48-/m0/s1. The second-order valence-corrected chi connectivity index (χ2v) is 20.5. The molecule has 3 amide bonds. The van der Waals surface area contributed by atoms with Crippen molar-refractivity contribution in [2.24, 2.45) is 29.1 Å². The normalized spacial score (nSPS) is 25.9. The number of nitrogens with one attached hydrogen (secondary N) is 2. The fourth-order valence-corrected chi connectivity index (χ4v) is 11.4. The quantitative estimate of drug-likeness (QED) is 0.195. The van der Waals surface area contributed by atoms with Crippen molar-refractivity contribution < 1.29 is 28.7 Å². The fourth-order valence-electron chi connectivity index (χ4n) is 10.6. The van der Waals surface area contributed by atoms with Gasteiger partial charge in [0, 0.05) is 86.3 Å². The summed E-state index contributed by atoms with van der Waals surface area (Å²) in [6, 6.07) is 8.76. The van der Waals surface area contributed by atoms with E-state index in [1.54, 1.807) is 19.1 Å². The average Bonchev–Trinajstić information content (AvgIpc) is 3.56. The van der Waals surface area contributed by atoms with Crippen LogP contribution in [-0.4, -0.2) is 125 Å². The van der Waals surface area contributed by atoms with Gasteiger partial charge in [0.1, 0.15) is 23.9 Å². The number of amides is 3. The van der Waals surface area contributed by atoms with Crippen molar-refractivity contribution in [3.05, 3.63) is 58.2 Å². The van der Waals surface area contributed by atoms with Crippen molar-refractivity contribution in [1.29, 1.82) is 0 Å². The van der Waals surface area contributed by atoms with E-state index in [0.717, 1.165) is 70.6 Å². The van der Waals surface area contributed by atoms with Gasteiger partial charge in [-0.15, -0.1) is 11.3 Å². The number of ether oxygens (including phenoxy) is 2. The van der Waals surface area contributed by atoms with E-state index in [2.05, 4.69) is 72.3 Å². The Labute approximate surface area is 375 Å². The molecule has 7 atom stereocenters. The molecule has 6 heterocycles. The zero-order valence-corrected chi connectivity index (χ0v) is 39.1. The number of rotatable bonds is 10. The third-order valence-electron chi connectivity index (χ3n) is 13.8. The number of carbonyl (C=O) groups excluding carboxylic acids is 4. The number of thiazole rings is 1. The van der Waals surface area contributed by atoms with Gasteiger partial charge in [-0.25, -0.2) is 10.4 Å². The SMILES string of the molecule is CCn1c(-c2cccnc2[C@H](C)OC)c2c3cc(ccc31)-c1csc(n1)C[C@H](NC(=O)[C@H](C(C)C)N(C)C(=O)C1[C@H]3CN(C)C[C@@H]13)C(=O)N1CCC[C@](C=O)(COCC(C)(C)C2)N1. The molecule has 0 radical (unpaired) electrons. The Morgan fingerprint density at radius 3 is 2.62 bits per heavy atom. The molecule has 2 saturated heterocycles. The molecule has 15 heteroatoms. The van der Waals surface area contributed by atoms with Crippen LogP contribution in [0, 0.1) is 29.1 Å². The van der Waals surface area contributed by atoms with Gasteiger partial charge in [-0.05, 0) is 93.2 Å². The molecular weight excluding hydrogens is 817 g/mol. The van der Waals surface area contributed by atoms with Gasteiger partial charge in [-0.3, -0.25) is 24.4 Å². The largest absolute Gasteiger partial charge is 0.378 e. The Bertz CT molecular complexity index is 2360. The Kier molecular flexibility index (Phi) is 12.7. The lowest BCUT2D eigenvalue weighted by Crippen LogP contribution is -2.66. The predicted molar refractivity (Wildman–Crippen MR) is 244 cm³/mol. The number of pyridine rings is 1. The summed E-state index contributed by atoms with van der Waals surface area (Å²) >= 11 is 1.44. The number of methoxy groups -OCH3 is 1. The van der Waals surface area contributed by atoms with Gasteiger partial charge in [0.25, 0.3) is 5.91 Å². The van der Waals surface area contributed by atoms with Gasteiger partial charge in [-0.1, -0.05) is 33.8 Å². The Hall–Kier alpha value is -4.54. The molecule has 1 unspecified atom stereocenters. The Balaban J connectivity index is 1.18. The summed E-state index contributed by atoms with van der Waals surface area (Å²) in [4.78, 5) is 69.8. The molecule has 3 aromatic heterocycles. The zero-order chi connectivity index (χ0) is 45.0. The number of piperidine rings is 1. The maximum atomic E-state index is 14.7. The van der Waals surface area contributed by atoms with Crippen LogP contribution >= 0.6 is 11.3 Å². The number of hydrogen-bond acceptors (Lipinski definition) is 11. The zero-order valence-electron chi connectivity index (χ0n) is 38.3. The number of aldehydes is 1. The summed E-state index contributed by atoms with van der Waals surface area (Å²) in [6.07, 6.45) is 4.26. The number of hydrogen-bond donors (Lipinski definition) is 2. The van der Waals surface area contributed by atoms with Crippen LogP contribution in [0.1, 0.15) is 76.8 Å². The number of aryl methyl sites for hydroxylation is 1. The van der Waals surface area contributed by atoms with Crippen LogP contribution in [-0.2, 0) is 48.0 Å². The van der Waals surface area contributed by atoms with E-state index >= 15 is 0 Å². The van der Waals surface area contributed by atoms with Crippen molar-refractivity contribution in [2.75, 3.05) is 54.1 Å². The molecule has 14 nitrogen and oxygen atoms in total. The molecule has 1 aromatic carbocycles. The molecule has 0 spiro atoms. The van der Waals surface area contributed by atoms with Gasteiger partial charge in [0.05, 0.1) is 41.4 Å². The monoisotopic (exact) mass is 880 g/mol. The number of benzene rings is 1.